The summed E-state index contributed by atoms with van der Waals surface area (Å²) in [6, 6.07) is 13.1. The van der Waals surface area contributed by atoms with Crippen molar-refractivity contribution in [2.24, 2.45) is 0 Å². The molecule has 2 heteroatoms. The summed E-state index contributed by atoms with van der Waals surface area (Å²) in [5.41, 5.74) is 2.83. The molecular formula is C15H15FO. The summed E-state index contributed by atoms with van der Waals surface area (Å²) < 4.78 is 19.2. The van der Waals surface area contributed by atoms with Crippen LogP contribution in [0, 0.1) is 19.7 Å². The molecule has 2 aromatic carbocycles. The maximum atomic E-state index is 13.7. The van der Waals surface area contributed by atoms with Crippen LogP contribution in [0.15, 0.2) is 42.5 Å². The lowest BCUT2D eigenvalue weighted by molar-refractivity contribution is 0.289. The minimum atomic E-state index is -0.277. The molecule has 2 rings (SSSR count). The van der Waals surface area contributed by atoms with Gasteiger partial charge in [-0.1, -0.05) is 36.4 Å². The average molecular weight is 230 g/mol. The summed E-state index contributed by atoms with van der Waals surface area (Å²) in [5, 5.41) is 0. The summed E-state index contributed by atoms with van der Waals surface area (Å²) in [6.45, 7) is 4.15. The molecule has 0 fully saturated rings. The second kappa shape index (κ2) is 5.00. The molecule has 0 bridgehead atoms. The lowest BCUT2D eigenvalue weighted by Crippen LogP contribution is -2.00. The molecule has 0 radical (unpaired) electrons. The van der Waals surface area contributed by atoms with E-state index >= 15 is 0 Å². The predicted octanol–water partition coefficient (Wildman–Crippen LogP) is 4.02. The summed E-state index contributed by atoms with van der Waals surface area (Å²) in [7, 11) is 0. The van der Waals surface area contributed by atoms with Crippen molar-refractivity contribution in [3.63, 3.8) is 0 Å². The molecule has 0 saturated heterocycles. The van der Waals surface area contributed by atoms with Gasteiger partial charge in [0.15, 0.2) is 11.6 Å². The molecule has 1 nitrogen and oxygen atoms in total. The van der Waals surface area contributed by atoms with Crippen molar-refractivity contribution in [1.82, 2.24) is 0 Å². The highest BCUT2D eigenvalue weighted by Gasteiger charge is 2.06. The third kappa shape index (κ3) is 2.64. The first-order valence-electron chi connectivity index (χ1n) is 5.61. The molecule has 0 atom stereocenters. The molecule has 0 aliphatic carbocycles. The maximum Gasteiger partial charge on any atom is 0.167 e. The van der Waals surface area contributed by atoms with E-state index < -0.39 is 0 Å². The Labute approximate surface area is 101 Å². The Balaban J connectivity index is 2.13. The highest BCUT2D eigenvalue weighted by Crippen LogP contribution is 2.21. The third-order valence-corrected chi connectivity index (χ3v) is 2.80. The van der Waals surface area contributed by atoms with Crippen LogP contribution >= 0.6 is 0 Å². The lowest BCUT2D eigenvalue weighted by Gasteiger charge is -2.10. The zero-order chi connectivity index (χ0) is 12.3. The topological polar surface area (TPSA) is 9.23 Å². The van der Waals surface area contributed by atoms with Crippen LogP contribution in [0.25, 0.3) is 0 Å². The first-order valence-corrected chi connectivity index (χ1v) is 5.61. The number of halogens is 1. The van der Waals surface area contributed by atoms with E-state index in [0.717, 1.165) is 11.1 Å². The van der Waals surface area contributed by atoms with Crippen LogP contribution in [0.1, 0.15) is 16.7 Å². The van der Waals surface area contributed by atoms with Crippen LogP contribution in [-0.4, -0.2) is 0 Å². The maximum absolute atomic E-state index is 13.7. The Kier molecular flexibility index (Phi) is 3.43. The fourth-order valence-corrected chi connectivity index (χ4v) is 1.66. The van der Waals surface area contributed by atoms with Gasteiger partial charge in [-0.05, 0) is 36.6 Å². The first kappa shape index (κ1) is 11.6. The van der Waals surface area contributed by atoms with Gasteiger partial charge in [-0.15, -0.1) is 0 Å². The van der Waals surface area contributed by atoms with Crippen LogP contribution in [0.4, 0.5) is 4.39 Å². The van der Waals surface area contributed by atoms with Gasteiger partial charge in [-0.3, -0.25) is 0 Å². The number of benzene rings is 2. The molecule has 2 aromatic rings. The highest BCUT2D eigenvalue weighted by atomic mass is 19.1. The van der Waals surface area contributed by atoms with Crippen molar-refractivity contribution >= 4 is 0 Å². The Bertz CT molecular complexity index is 520. The van der Waals surface area contributed by atoms with Gasteiger partial charge in [0.1, 0.15) is 6.61 Å². The van der Waals surface area contributed by atoms with E-state index in [4.69, 9.17) is 4.74 Å². The van der Waals surface area contributed by atoms with E-state index in [1.807, 2.05) is 31.2 Å². The summed E-state index contributed by atoms with van der Waals surface area (Å²) >= 11 is 0. The Morgan fingerprint density at radius 2 is 1.65 bits per heavy atom. The average Bonchev–Trinajstić information content (AvgIpc) is 2.33. The van der Waals surface area contributed by atoms with Crippen molar-refractivity contribution in [3.05, 3.63) is 65.0 Å². The van der Waals surface area contributed by atoms with Crippen molar-refractivity contribution in [2.75, 3.05) is 0 Å². The Morgan fingerprint density at radius 3 is 2.41 bits per heavy atom. The molecule has 0 unspecified atom stereocenters. The second-order valence-electron chi connectivity index (χ2n) is 4.10. The largest absolute Gasteiger partial charge is 0.486 e. The van der Waals surface area contributed by atoms with E-state index in [9.17, 15) is 4.39 Å². The number of hydrogen-bond acceptors (Lipinski definition) is 1. The second-order valence-corrected chi connectivity index (χ2v) is 4.10. The minimum absolute atomic E-state index is 0.277. The first-order chi connectivity index (χ1) is 8.18. The van der Waals surface area contributed by atoms with E-state index in [1.54, 1.807) is 25.1 Å². The number of rotatable bonds is 3. The normalized spacial score (nSPS) is 10.3. The summed E-state index contributed by atoms with van der Waals surface area (Å²) in [5.74, 6) is 0.0364. The lowest BCUT2D eigenvalue weighted by atomic mass is 10.1. The smallest absolute Gasteiger partial charge is 0.167 e. The molecule has 0 aromatic heterocycles. The molecule has 88 valence electrons. The Morgan fingerprint density at radius 1 is 0.941 bits per heavy atom. The van der Waals surface area contributed by atoms with Crippen LogP contribution in [0.2, 0.25) is 0 Å². The van der Waals surface area contributed by atoms with E-state index in [2.05, 4.69) is 0 Å². The molecule has 0 aliphatic rings. The van der Waals surface area contributed by atoms with Gasteiger partial charge in [0.25, 0.3) is 0 Å². The van der Waals surface area contributed by atoms with Crippen LogP contribution in [0.3, 0.4) is 0 Å². The SMILES string of the molecule is Cc1ccccc1COc1cccc(C)c1F. The predicted molar refractivity (Wildman–Crippen MR) is 66.6 cm³/mol. The fourth-order valence-electron chi connectivity index (χ4n) is 1.66. The van der Waals surface area contributed by atoms with Crippen molar-refractivity contribution < 1.29 is 9.13 Å². The zero-order valence-corrected chi connectivity index (χ0v) is 10.0. The number of aryl methyl sites for hydroxylation is 2. The molecule has 0 amide bonds. The molecule has 0 aliphatic heterocycles. The van der Waals surface area contributed by atoms with E-state index in [1.165, 1.54) is 0 Å². The molecule has 0 saturated carbocycles. The molecule has 0 N–H and O–H groups in total. The van der Waals surface area contributed by atoms with Crippen molar-refractivity contribution in [3.8, 4) is 5.75 Å². The van der Waals surface area contributed by atoms with Gasteiger partial charge in [0.05, 0.1) is 0 Å². The standard InChI is InChI=1S/C15H15FO/c1-11-6-3-4-8-13(11)10-17-14-9-5-7-12(2)15(14)16/h3-9H,10H2,1-2H3. The Hall–Kier alpha value is -1.83. The van der Waals surface area contributed by atoms with Crippen LogP contribution in [0.5, 0.6) is 5.75 Å². The number of hydrogen-bond donors (Lipinski definition) is 0. The fraction of sp³-hybridized carbons (Fsp3) is 0.200. The van der Waals surface area contributed by atoms with E-state index in [-0.39, 0.29) is 5.82 Å². The quantitative estimate of drug-likeness (QED) is 0.773. The minimum Gasteiger partial charge on any atom is -0.486 e. The monoisotopic (exact) mass is 230 g/mol. The van der Waals surface area contributed by atoms with Gasteiger partial charge in [0, 0.05) is 0 Å². The van der Waals surface area contributed by atoms with Gasteiger partial charge in [-0.25, -0.2) is 4.39 Å². The number of ether oxygens (including phenoxy) is 1. The molecular weight excluding hydrogens is 215 g/mol. The van der Waals surface area contributed by atoms with E-state index in [0.29, 0.717) is 17.9 Å². The van der Waals surface area contributed by atoms with Crippen molar-refractivity contribution in [1.29, 1.82) is 0 Å². The van der Waals surface area contributed by atoms with Gasteiger partial charge >= 0.3 is 0 Å². The molecule has 0 spiro atoms. The zero-order valence-electron chi connectivity index (χ0n) is 10.0. The van der Waals surface area contributed by atoms with Gasteiger partial charge in [-0.2, -0.15) is 0 Å². The summed E-state index contributed by atoms with van der Waals surface area (Å²) in [6.07, 6.45) is 0. The van der Waals surface area contributed by atoms with Gasteiger partial charge < -0.3 is 4.74 Å². The molecule has 0 heterocycles. The van der Waals surface area contributed by atoms with Crippen LogP contribution in [-0.2, 0) is 6.61 Å². The third-order valence-electron chi connectivity index (χ3n) is 2.80. The van der Waals surface area contributed by atoms with Crippen molar-refractivity contribution in [2.45, 2.75) is 20.5 Å². The van der Waals surface area contributed by atoms with Gasteiger partial charge in [0.2, 0.25) is 0 Å². The van der Waals surface area contributed by atoms with Crippen LogP contribution < -0.4 is 4.74 Å². The summed E-state index contributed by atoms with van der Waals surface area (Å²) in [4.78, 5) is 0. The molecule has 17 heavy (non-hydrogen) atoms. The highest BCUT2D eigenvalue weighted by molar-refractivity contribution is 5.31.